The van der Waals surface area contributed by atoms with Gasteiger partial charge in [-0.2, -0.15) is 5.26 Å². The largest absolute Gasteiger partial charge is 0.437 e. The predicted molar refractivity (Wildman–Crippen MR) is 58.5 cm³/mol. The van der Waals surface area contributed by atoms with Crippen molar-refractivity contribution in [2.75, 3.05) is 6.54 Å². The molecule has 0 amide bonds. The Labute approximate surface area is 101 Å². The van der Waals surface area contributed by atoms with Gasteiger partial charge >= 0.3 is 0 Å². The zero-order valence-corrected chi connectivity index (χ0v) is 9.09. The molecule has 0 aromatic heterocycles. The fraction of sp³-hybridized carbons (Fsp3) is 0.182. The molecule has 1 aliphatic rings. The van der Waals surface area contributed by atoms with E-state index in [9.17, 15) is 14.5 Å². The highest BCUT2D eigenvalue weighted by Gasteiger charge is 2.34. The zero-order valence-electron chi connectivity index (χ0n) is 9.09. The maximum absolute atomic E-state index is 13.5. The molecular formula is C11H8FN3O3. The van der Waals surface area contributed by atoms with Gasteiger partial charge in [0.15, 0.2) is 11.6 Å². The quantitative estimate of drug-likeness (QED) is 0.628. The van der Waals surface area contributed by atoms with Gasteiger partial charge in [0.05, 0.1) is 5.92 Å². The van der Waals surface area contributed by atoms with Crippen molar-refractivity contribution < 1.29 is 14.1 Å². The summed E-state index contributed by atoms with van der Waals surface area (Å²) < 4.78 is 18.5. The lowest BCUT2D eigenvalue weighted by Gasteiger charge is -2.23. The molecule has 18 heavy (non-hydrogen) atoms. The molecule has 2 N–H and O–H groups in total. The lowest BCUT2D eigenvalue weighted by Crippen LogP contribution is -2.25. The van der Waals surface area contributed by atoms with Crippen LogP contribution < -0.4 is 10.5 Å². The molecular weight excluding hydrogens is 241 g/mol. The summed E-state index contributed by atoms with van der Waals surface area (Å²) in [5, 5.41) is 19.6. The van der Waals surface area contributed by atoms with Crippen LogP contribution in [0.2, 0.25) is 0 Å². The van der Waals surface area contributed by atoms with Crippen molar-refractivity contribution in [3.63, 3.8) is 0 Å². The molecule has 1 aromatic rings. The van der Waals surface area contributed by atoms with Crippen molar-refractivity contribution >= 4 is 0 Å². The summed E-state index contributed by atoms with van der Waals surface area (Å²) in [6.45, 7) is -0.538. The molecule has 6 nitrogen and oxygen atoms in total. The first-order valence-electron chi connectivity index (χ1n) is 5.02. The van der Waals surface area contributed by atoms with Gasteiger partial charge in [0.2, 0.25) is 12.4 Å². The molecule has 92 valence electrons. The van der Waals surface area contributed by atoms with E-state index in [1.54, 1.807) is 6.07 Å². The minimum absolute atomic E-state index is 0.0511. The number of rotatable bonds is 2. The molecule has 0 saturated heterocycles. The Bertz CT molecular complexity index is 592. The minimum atomic E-state index is -0.885. The number of benzene rings is 1. The molecule has 0 spiro atoms. The van der Waals surface area contributed by atoms with Crippen molar-refractivity contribution in [1.29, 1.82) is 5.26 Å². The van der Waals surface area contributed by atoms with E-state index in [0.717, 1.165) is 6.07 Å². The van der Waals surface area contributed by atoms with Gasteiger partial charge in [-0.1, -0.05) is 12.1 Å². The number of nitriles is 1. The second-order valence-electron chi connectivity index (χ2n) is 3.72. The van der Waals surface area contributed by atoms with Crippen LogP contribution in [0.1, 0.15) is 11.5 Å². The third-order valence-corrected chi connectivity index (χ3v) is 2.65. The van der Waals surface area contributed by atoms with E-state index in [1.165, 1.54) is 12.1 Å². The third-order valence-electron chi connectivity index (χ3n) is 2.65. The number of nitro groups is 1. The average molecular weight is 249 g/mol. The molecule has 7 heteroatoms. The molecule has 0 bridgehead atoms. The van der Waals surface area contributed by atoms with Crippen molar-refractivity contribution in [3.05, 3.63) is 51.2 Å². The number of halogens is 1. The Hall–Kier alpha value is -2.62. The first kappa shape index (κ1) is 11.9. The van der Waals surface area contributed by atoms with Gasteiger partial charge in [0.1, 0.15) is 11.6 Å². The molecule has 0 radical (unpaired) electrons. The van der Waals surface area contributed by atoms with Crippen LogP contribution in [0.3, 0.4) is 0 Å². The number of hydrogen-bond acceptors (Lipinski definition) is 5. The molecule has 2 rings (SSSR count). The van der Waals surface area contributed by atoms with Gasteiger partial charge in [-0.05, 0) is 6.07 Å². The Morgan fingerprint density at radius 2 is 2.33 bits per heavy atom. The number of hydrogen-bond donors (Lipinski definition) is 1. The Morgan fingerprint density at radius 1 is 1.61 bits per heavy atom. The highest BCUT2D eigenvalue weighted by atomic mass is 19.1. The van der Waals surface area contributed by atoms with Crippen LogP contribution in [0.25, 0.3) is 0 Å². The van der Waals surface area contributed by atoms with E-state index < -0.39 is 23.2 Å². The Kier molecular flexibility index (Phi) is 2.85. The molecule has 1 heterocycles. The van der Waals surface area contributed by atoms with Crippen molar-refractivity contribution in [3.8, 4) is 11.8 Å². The van der Waals surface area contributed by atoms with Crippen LogP contribution in [-0.4, -0.2) is 11.5 Å². The number of nitrogens with zero attached hydrogens (tertiary/aromatic N) is 2. The smallest absolute Gasteiger partial charge is 0.215 e. The highest BCUT2D eigenvalue weighted by Crippen LogP contribution is 2.39. The summed E-state index contributed by atoms with van der Waals surface area (Å²) in [5.41, 5.74) is 5.70. The van der Waals surface area contributed by atoms with E-state index in [-0.39, 0.29) is 22.8 Å². The van der Waals surface area contributed by atoms with Gasteiger partial charge in [-0.3, -0.25) is 10.1 Å². The summed E-state index contributed by atoms with van der Waals surface area (Å²) in [4.78, 5) is 10.1. The molecule has 0 fully saturated rings. The summed E-state index contributed by atoms with van der Waals surface area (Å²) >= 11 is 0. The molecule has 1 aromatic carbocycles. The lowest BCUT2D eigenvalue weighted by atomic mass is 9.89. The van der Waals surface area contributed by atoms with Crippen molar-refractivity contribution in [2.24, 2.45) is 5.73 Å². The standard InChI is InChI=1S/C11H8FN3O3/c12-9-3-1-2-6-8(5-15(16)17)7(4-13)11(14)18-10(6)9/h1-3,8H,5,14H2. The van der Waals surface area contributed by atoms with E-state index in [4.69, 9.17) is 15.7 Å². The summed E-state index contributed by atoms with van der Waals surface area (Å²) in [5.74, 6) is -1.99. The van der Waals surface area contributed by atoms with Crippen LogP contribution in [0, 0.1) is 27.3 Å². The number of ether oxygens (including phenoxy) is 1. The topological polar surface area (TPSA) is 102 Å². The summed E-state index contributed by atoms with van der Waals surface area (Å²) in [7, 11) is 0. The normalized spacial score (nSPS) is 17.7. The number of fused-ring (bicyclic) bond motifs is 1. The van der Waals surface area contributed by atoms with Gasteiger partial charge in [0, 0.05) is 10.5 Å². The molecule has 0 saturated carbocycles. The third kappa shape index (κ3) is 1.84. The zero-order chi connectivity index (χ0) is 13.3. The molecule has 1 unspecified atom stereocenters. The van der Waals surface area contributed by atoms with Crippen LogP contribution in [0.4, 0.5) is 4.39 Å². The van der Waals surface area contributed by atoms with Crippen LogP contribution >= 0.6 is 0 Å². The fourth-order valence-corrected chi connectivity index (χ4v) is 1.87. The highest BCUT2D eigenvalue weighted by molar-refractivity contribution is 5.50. The molecule has 0 aliphatic carbocycles. The van der Waals surface area contributed by atoms with Crippen LogP contribution in [-0.2, 0) is 0 Å². The Morgan fingerprint density at radius 3 is 2.94 bits per heavy atom. The van der Waals surface area contributed by atoms with Gasteiger partial charge in [0.25, 0.3) is 0 Å². The van der Waals surface area contributed by atoms with E-state index in [1.807, 2.05) is 0 Å². The number of nitrogens with two attached hydrogens (primary N) is 1. The minimum Gasteiger partial charge on any atom is -0.437 e. The van der Waals surface area contributed by atoms with E-state index in [2.05, 4.69) is 0 Å². The predicted octanol–water partition coefficient (Wildman–Crippen LogP) is 1.27. The Balaban J connectivity index is 2.58. The summed E-state index contributed by atoms with van der Waals surface area (Å²) in [6.07, 6.45) is 0. The second-order valence-corrected chi connectivity index (χ2v) is 3.72. The van der Waals surface area contributed by atoms with Gasteiger partial charge in [-0.25, -0.2) is 4.39 Å². The monoisotopic (exact) mass is 249 g/mol. The van der Waals surface area contributed by atoms with Crippen molar-refractivity contribution in [2.45, 2.75) is 5.92 Å². The average Bonchev–Trinajstić information content (AvgIpc) is 2.30. The van der Waals surface area contributed by atoms with Gasteiger partial charge < -0.3 is 10.5 Å². The molecule has 1 atom stereocenters. The van der Waals surface area contributed by atoms with Crippen LogP contribution in [0.5, 0.6) is 5.75 Å². The SMILES string of the molecule is N#CC1=C(N)Oc2c(F)cccc2C1C[N+](=O)[O-]. The maximum Gasteiger partial charge on any atom is 0.215 e. The van der Waals surface area contributed by atoms with Gasteiger partial charge in [-0.15, -0.1) is 0 Å². The fourth-order valence-electron chi connectivity index (χ4n) is 1.87. The lowest BCUT2D eigenvalue weighted by molar-refractivity contribution is -0.482. The van der Waals surface area contributed by atoms with Crippen LogP contribution in [0.15, 0.2) is 29.7 Å². The second kappa shape index (κ2) is 4.33. The van der Waals surface area contributed by atoms with Crippen molar-refractivity contribution in [1.82, 2.24) is 0 Å². The first-order chi connectivity index (χ1) is 8.54. The number of para-hydroxylation sites is 1. The van der Waals surface area contributed by atoms with E-state index in [0.29, 0.717) is 0 Å². The molecule has 1 aliphatic heterocycles. The summed E-state index contributed by atoms with van der Waals surface area (Å²) in [6, 6.07) is 5.82. The van der Waals surface area contributed by atoms with E-state index >= 15 is 0 Å². The maximum atomic E-state index is 13.5. The first-order valence-corrected chi connectivity index (χ1v) is 5.02.